The van der Waals surface area contributed by atoms with Crippen molar-refractivity contribution in [1.29, 1.82) is 0 Å². The number of ether oxygens (including phenoxy) is 1. The van der Waals surface area contributed by atoms with Gasteiger partial charge < -0.3 is 4.74 Å². The molecule has 7 nitrogen and oxygen atoms in total. The van der Waals surface area contributed by atoms with Crippen LogP contribution in [0, 0.1) is 0 Å². The van der Waals surface area contributed by atoms with Gasteiger partial charge in [0.25, 0.3) is 0 Å². The average molecular weight is 477 g/mol. The van der Waals surface area contributed by atoms with Crippen LogP contribution in [0.3, 0.4) is 0 Å². The fraction of sp³-hybridized carbons (Fsp3) is 0.400. The molecule has 1 spiro atoms. The van der Waals surface area contributed by atoms with Crippen molar-refractivity contribution in [2.45, 2.75) is 31.0 Å². The number of aromatic nitrogens is 1. The Bertz CT molecular complexity index is 1080. The van der Waals surface area contributed by atoms with E-state index in [0.717, 1.165) is 33.5 Å². The molecule has 1 saturated heterocycles. The van der Waals surface area contributed by atoms with Crippen LogP contribution in [-0.2, 0) is 10.0 Å². The van der Waals surface area contributed by atoms with Crippen molar-refractivity contribution in [3.05, 3.63) is 58.3 Å². The molecule has 1 atom stereocenters. The molecule has 1 fully saturated rings. The van der Waals surface area contributed by atoms with Gasteiger partial charge in [-0.2, -0.15) is 5.10 Å². The van der Waals surface area contributed by atoms with Gasteiger partial charge in [-0.15, -0.1) is 0 Å². The molecule has 0 bridgehead atoms. The molecular weight excluding hydrogens is 456 g/mol. The lowest BCUT2D eigenvalue weighted by Gasteiger charge is -2.50. The molecule has 3 aliphatic heterocycles. The van der Waals surface area contributed by atoms with Gasteiger partial charge in [0, 0.05) is 60.3 Å². The molecule has 9 heteroatoms. The number of fused-ring (bicyclic) bond motifs is 4. The second-order valence-corrected chi connectivity index (χ2v) is 10.6. The fourth-order valence-corrected chi connectivity index (χ4v) is 5.68. The van der Waals surface area contributed by atoms with E-state index in [-0.39, 0.29) is 6.04 Å². The highest BCUT2D eigenvalue weighted by atomic mass is 79.9. The first-order chi connectivity index (χ1) is 13.9. The maximum atomic E-state index is 12.0. The number of rotatable bonds is 2. The van der Waals surface area contributed by atoms with E-state index >= 15 is 0 Å². The molecule has 29 heavy (non-hydrogen) atoms. The van der Waals surface area contributed by atoms with Crippen LogP contribution in [0.15, 0.2) is 52.3 Å². The second kappa shape index (κ2) is 6.78. The van der Waals surface area contributed by atoms with Gasteiger partial charge in [-0.1, -0.05) is 22.0 Å². The van der Waals surface area contributed by atoms with Crippen LogP contribution in [0.25, 0.3) is 0 Å². The summed E-state index contributed by atoms with van der Waals surface area (Å²) in [6.07, 6.45) is 6.74. The predicted octanol–water partition coefficient (Wildman–Crippen LogP) is 3.14. The normalized spacial score (nSPS) is 23.3. The topological polar surface area (TPSA) is 75.1 Å². The third-order valence-corrected chi connectivity index (χ3v) is 7.72. The molecule has 0 N–H and O–H groups in total. The van der Waals surface area contributed by atoms with E-state index in [1.165, 1.54) is 10.6 Å². The summed E-state index contributed by atoms with van der Waals surface area (Å²) in [4.78, 5) is 4.23. The van der Waals surface area contributed by atoms with E-state index in [2.05, 4.69) is 32.0 Å². The van der Waals surface area contributed by atoms with Crippen molar-refractivity contribution in [2.24, 2.45) is 5.10 Å². The van der Waals surface area contributed by atoms with Gasteiger partial charge in [0.2, 0.25) is 15.7 Å². The third kappa shape index (κ3) is 3.25. The Morgan fingerprint density at radius 2 is 2.03 bits per heavy atom. The monoisotopic (exact) mass is 476 g/mol. The smallest absolute Gasteiger partial charge is 0.211 e. The van der Waals surface area contributed by atoms with E-state index in [1.807, 2.05) is 30.5 Å². The zero-order chi connectivity index (χ0) is 20.2. The van der Waals surface area contributed by atoms with Crippen LogP contribution in [0.5, 0.6) is 5.75 Å². The quantitative estimate of drug-likeness (QED) is 0.665. The van der Waals surface area contributed by atoms with E-state index in [0.29, 0.717) is 25.9 Å². The van der Waals surface area contributed by atoms with Crippen molar-refractivity contribution in [2.75, 3.05) is 19.3 Å². The summed E-state index contributed by atoms with van der Waals surface area (Å²) in [6, 6.07) is 10.0. The van der Waals surface area contributed by atoms with Gasteiger partial charge in [0.1, 0.15) is 5.75 Å². The Morgan fingerprint density at radius 1 is 1.24 bits per heavy atom. The van der Waals surface area contributed by atoms with Crippen LogP contribution < -0.4 is 4.74 Å². The third-order valence-electron chi connectivity index (χ3n) is 5.93. The highest BCUT2D eigenvalue weighted by molar-refractivity contribution is 9.10. The predicted molar refractivity (Wildman–Crippen MR) is 113 cm³/mol. The molecule has 1 unspecified atom stereocenters. The molecule has 1 aromatic carbocycles. The number of piperidine rings is 1. The van der Waals surface area contributed by atoms with Crippen molar-refractivity contribution >= 4 is 31.7 Å². The maximum absolute atomic E-state index is 12.0. The van der Waals surface area contributed by atoms with E-state index in [1.54, 1.807) is 6.20 Å². The summed E-state index contributed by atoms with van der Waals surface area (Å²) < 4.78 is 33.0. The lowest BCUT2D eigenvalue weighted by atomic mass is 9.91. The minimum absolute atomic E-state index is 0.0521. The number of sulfonamides is 1. The molecule has 1 aromatic heterocycles. The van der Waals surface area contributed by atoms with Crippen LogP contribution >= 0.6 is 15.9 Å². The Hall–Kier alpha value is -1.97. The first kappa shape index (κ1) is 19.0. The minimum Gasteiger partial charge on any atom is -0.466 e. The molecule has 4 heterocycles. The standard InChI is InChI=1S/C20H21BrN4O3S/c1-29(26,27)24-9-6-20(7-10-24)25-18(16-11-15(21)4-5-19(16)28-20)12-17(23-25)14-3-2-8-22-13-14/h2-5,8,11,13,18H,6-7,9-10,12H2,1H3. The number of benzene rings is 1. The summed E-state index contributed by atoms with van der Waals surface area (Å²) in [7, 11) is -3.21. The zero-order valence-electron chi connectivity index (χ0n) is 16.0. The number of pyridine rings is 1. The van der Waals surface area contributed by atoms with E-state index < -0.39 is 15.7 Å². The molecule has 0 aliphatic carbocycles. The largest absolute Gasteiger partial charge is 0.466 e. The lowest BCUT2D eigenvalue weighted by molar-refractivity contribution is -0.143. The highest BCUT2D eigenvalue weighted by Crippen LogP contribution is 2.50. The zero-order valence-corrected chi connectivity index (χ0v) is 18.4. The average Bonchev–Trinajstić information content (AvgIpc) is 3.16. The van der Waals surface area contributed by atoms with E-state index in [9.17, 15) is 8.42 Å². The summed E-state index contributed by atoms with van der Waals surface area (Å²) >= 11 is 3.57. The van der Waals surface area contributed by atoms with Crippen LogP contribution in [0.4, 0.5) is 0 Å². The Morgan fingerprint density at radius 3 is 2.72 bits per heavy atom. The first-order valence-corrected chi connectivity index (χ1v) is 12.2. The summed E-state index contributed by atoms with van der Waals surface area (Å²) in [6.45, 7) is 0.845. The van der Waals surface area contributed by atoms with Crippen LogP contribution in [0.2, 0.25) is 0 Å². The molecule has 5 rings (SSSR count). The summed E-state index contributed by atoms with van der Waals surface area (Å²) in [5, 5.41) is 7.05. The van der Waals surface area contributed by atoms with Gasteiger partial charge in [-0.05, 0) is 24.3 Å². The maximum Gasteiger partial charge on any atom is 0.211 e. The number of halogens is 1. The van der Waals surface area contributed by atoms with E-state index in [4.69, 9.17) is 9.84 Å². The van der Waals surface area contributed by atoms with Crippen LogP contribution in [-0.4, -0.2) is 53.5 Å². The Labute approximate surface area is 178 Å². The van der Waals surface area contributed by atoms with Gasteiger partial charge in [-0.3, -0.25) is 4.98 Å². The number of hydrazone groups is 1. The molecule has 0 saturated carbocycles. The molecular formula is C20H21BrN4O3S. The van der Waals surface area contributed by atoms with Gasteiger partial charge in [-0.25, -0.2) is 17.7 Å². The summed E-state index contributed by atoms with van der Waals surface area (Å²) in [5.74, 6) is 0.852. The first-order valence-electron chi connectivity index (χ1n) is 9.57. The van der Waals surface area contributed by atoms with Gasteiger partial charge in [0.05, 0.1) is 18.0 Å². The second-order valence-electron chi connectivity index (χ2n) is 7.75. The molecule has 0 amide bonds. The Kier molecular flexibility index (Phi) is 4.45. The molecule has 3 aliphatic rings. The minimum atomic E-state index is -3.21. The fourth-order valence-electron chi connectivity index (χ4n) is 4.46. The van der Waals surface area contributed by atoms with Crippen molar-refractivity contribution in [3.8, 4) is 5.75 Å². The number of hydrogen-bond donors (Lipinski definition) is 0. The lowest BCUT2D eigenvalue weighted by Crippen LogP contribution is -2.59. The SMILES string of the molecule is CS(=O)(=O)N1CCC2(CC1)Oc1ccc(Br)cc1C1CC(c3cccnc3)=NN12. The van der Waals surface area contributed by atoms with Crippen molar-refractivity contribution < 1.29 is 13.2 Å². The Balaban J connectivity index is 1.55. The number of hydrogen-bond acceptors (Lipinski definition) is 6. The highest BCUT2D eigenvalue weighted by Gasteiger charge is 2.52. The van der Waals surface area contributed by atoms with Crippen molar-refractivity contribution in [3.63, 3.8) is 0 Å². The molecule has 152 valence electrons. The summed E-state index contributed by atoms with van der Waals surface area (Å²) in [5.41, 5.74) is 2.43. The van der Waals surface area contributed by atoms with Gasteiger partial charge >= 0.3 is 0 Å². The molecule has 2 aromatic rings. The van der Waals surface area contributed by atoms with Crippen LogP contribution in [0.1, 0.15) is 36.4 Å². The van der Waals surface area contributed by atoms with Crippen molar-refractivity contribution in [1.82, 2.24) is 14.3 Å². The number of nitrogens with zero attached hydrogens (tertiary/aromatic N) is 4. The molecule has 0 radical (unpaired) electrons. The van der Waals surface area contributed by atoms with Gasteiger partial charge in [0.15, 0.2) is 0 Å².